The maximum absolute atomic E-state index is 11.8. The minimum atomic E-state index is -0.810. The van der Waals surface area contributed by atoms with Gasteiger partial charge in [-0.1, -0.05) is 33.1 Å². The van der Waals surface area contributed by atoms with E-state index in [1.54, 1.807) is 0 Å². The Morgan fingerprint density at radius 1 is 1.32 bits per heavy atom. The van der Waals surface area contributed by atoms with Crippen LogP contribution in [0.15, 0.2) is 0 Å². The first-order valence-corrected chi connectivity index (χ1v) is 7.29. The van der Waals surface area contributed by atoms with Crippen molar-refractivity contribution in [3.63, 3.8) is 0 Å². The van der Waals surface area contributed by atoms with E-state index in [0.29, 0.717) is 12.5 Å². The summed E-state index contributed by atoms with van der Waals surface area (Å²) in [5.41, 5.74) is 0. The number of carboxylic acids is 1. The Morgan fingerprint density at radius 3 is 2.58 bits per heavy atom. The van der Waals surface area contributed by atoms with Crippen LogP contribution in [0.5, 0.6) is 0 Å². The number of amides is 2. The predicted octanol–water partition coefficient (Wildman–Crippen LogP) is 2.37. The zero-order valence-electron chi connectivity index (χ0n) is 11.9. The van der Waals surface area contributed by atoms with Crippen molar-refractivity contribution < 1.29 is 14.7 Å². The third-order valence-electron chi connectivity index (χ3n) is 4.02. The SMILES string of the molecule is CCC(CNC(=O)NC1CCCCC1C)CC(=O)O. The van der Waals surface area contributed by atoms with Gasteiger partial charge in [-0.15, -0.1) is 0 Å². The van der Waals surface area contributed by atoms with Crippen LogP contribution < -0.4 is 10.6 Å². The average molecular weight is 270 g/mol. The first-order valence-electron chi connectivity index (χ1n) is 7.29. The average Bonchev–Trinajstić information content (AvgIpc) is 2.37. The van der Waals surface area contributed by atoms with Crippen LogP contribution in [0.3, 0.4) is 0 Å². The van der Waals surface area contributed by atoms with Gasteiger partial charge in [0.1, 0.15) is 0 Å². The molecule has 1 aliphatic carbocycles. The van der Waals surface area contributed by atoms with Crippen LogP contribution in [0.1, 0.15) is 52.4 Å². The molecule has 1 saturated carbocycles. The number of carbonyl (C=O) groups excluding carboxylic acids is 1. The van der Waals surface area contributed by atoms with Crippen molar-refractivity contribution in [3.8, 4) is 0 Å². The number of urea groups is 1. The molecule has 3 N–H and O–H groups in total. The summed E-state index contributed by atoms with van der Waals surface area (Å²) in [7, 11) is 0. The molecule has 19 heavy (non-hydrogen) atoms. The Labute approximate surface area is 115 Å². The third kappa shape index (κ3) is 5.94. The van der Waals surface area contributed by atoms with E-state index in [2.05, 4.69) is 17.6 Å². The molecule has 1 fully saturated rings. The standard InChI is InChI=1S/C14H26N2O3/c1-3-11(8-13(17)18)9-15-14(19)16-12-7-5-4-6-10(12)2/h10-12H,3-9H2,1-2H3,(H,17,18)(H2,15,16,19). The van der Waals surface area contributed by atoms with E-state index >= 15 is 0 Å². The second-order valence-electron chi connectivity index (χ2n) is 5.59. The highest BCUT2D eigenvalue weighted by Gasteiger charge is 2.23. The molecule has 0 aromatic carbocycles. The summed E-state index contributed by atoms with van der Waals surface area (Å²) >= 11 is 0. The van der Waals surface area contributed by atoms with Gasteiger partial charge in [0, 0.05) is 19.0 Å². The van der Waals surface area contributed by atoms with Gasteiger partial charge in [0.2, 0.25) is 0 Å². The summed E-state index contributed by atoms with van der Waals surface area (Å²) in [6.45, 7) is 4.54. The molecule has 110 valence electrons. The van der Waals surface area contributed by atoms with Crippen molar-refractivity contribution in [1.29, 1.82) is 0 Å². The number of carbonyl (C=O) groups is 2. The van der Waals surface area contributed by atoms with Crippen LogP contribution in [-0.4, -0.2) is 29.7 Å². The highest BCUT2D eigenvalue weighted by molar-refractivity contribution is 5.74. The van der Waals surface area contributed by atoms with Gasteiger partial charge in [-0.2, -0.15) is 0 Å². The normalized spacial score (nSPS) is 24.5. The maximum atomic E-state index is 11.8. The van der Waals surface area contributed by atoms with Crippen molar-refractivity contribution in [2.24, 2.45) is 11.8 Å². The second kappa shape index (κ2) is 8.02. The number of rotatable bonds is 6. The van der Waals surface area contributed by atoms with Crippen LogP contribution in [0.25, 0.3) is 0 Å². The maximum Gasteiger partial charge on any atom is 0.315 e. The lowest BCUT2D eigenvalue weighted by atomic mass is 9.86. The molecule has 0 saturated heterocycles. The number of nitrogens with one attached hydrogen (secondary N) is 2. The smallest absolute Gasteiger partial charge is 0.315 e. The molecule has 5 nitrogen and oxygen atoms in total. The van der Waals surface area contributed by atoms with Crippen LogP contribution in [0.4, 0.5) is 4.79 Å². The molecule has 0 aliphatic heterocycles. The monoisotopic (exact) mass is 270 g/mol. The van der Waals surface area contributed by atoms with Crippen molar-refractivity contribution >= 4 is 12.0 Å². The lowest BCUT2D eigenvalue weighted by Crippen LogP contribution is -2.47. The van der Waals surface area contributed by atoms with Gasteiger partial charge in [-0.25, -0.2) is 4.79 Å². The molecule has 0 heterocycles. The molecular formula is C14H26N2O3. The second-order valence-corrected chi connectivity index (χ2v) is 5.59. The summed E-state index contributed by atoms with van der Waals surface area (Å²) < 4.78 is 0. The lowest BCUT2D eigenvalue weighted by molar-refractivity contribution is -0.138. The Morgan fingerprint density at radius 2 is 2.00 bits per heavy atom. The van der Waals surface area contributed by atoms with Gasteiger partial charge in [0.05, 0.1) is 0 Å². The molecule has 0 radical (unpaired) electrons. The van der Waals surface area contributed by atoms with Gasteiger partial charge in [-0.3, -0.25) is 4.79 Å². The number of hydrogen-bond acceptors (Lipinski definition) is 2. The molecule has 3 unspecified atom stereocenters. The van der Waals surface area contributed by atoms with Crippen molar-refractivity contribution in [3.05, 3.63) is 0 Å². The van der Waals surface area contributed by atoms with E-state index in [1.165, 1.54) is 19.3 Å². The van der Waals surface area contributed by atoms with Crippen molar-refractivity contribution in [2.45, 2.75) is 58.4 Å². The van der Waals surface area contributed by atoms with Crippen LogP contribution in [0, 0.1) is 11.8 Å². The highest BCUT2D eigenvalue weighted by Crippen LogP contribution is 2.23. The Hall–Kier alpha value is -1.26. The molecule has 1 rings (SSSR count). The van der Waals surface area contributed by atoms with Gasteiger partial charge in [0.15, 0.2) is 0 Å². The van der Waals surface area contributed by atoms with Crippen molar-refractivity contribution in [2.75, 3.05) is 6.54 Å². The first-order chi connectivity index (χ1) is 9.02. The van der Waals surface area contributed by atoms with Gasteiger partial charge in [0.25, 0.3) is 0 Å². The largest absolute Gasteiger partial charge is 0.481 e. The topological polar surface area (TPSA) is 78.4 Å². The zero-order chi connectivity index (χ0) is 14.3. The van der Waals surface area contributed by atoms with Crippen LogP contribution in [0.2, 0.25) is 0 Å². The fraction of sp³-hybridized carbons (Fsp3) is 0.857. The van der Waals surface area contributed by atoms with Crippen molar-refractivity contribution in [1.82, 2.24) is 10.6 Å². The summed E-state index contributed by atoms with van der Waals surface area (Å²) in [5.74, 6) is -0.275. The molecule has 2 amide bonds. The van der Waals surface area contributed by atoms with E-state index in [9.17, 15) is 9.59 Å². The summed E-state index contributed by atoms with van der Waals surface area (Å²) in [5, 5.41) is 14.5. The molecule has 0 aromatic heterocycles. The first kappa shape index (κ1) is 15.8. The highest BCUT2D eigenvalue weighted by atomic mass is 16.4. The van der Waals surface area contributed by atoms with Crippen LogP contribution >= 0.6 is 0 Å². The van der Waals surface area contributed by atoms with Gasteiger partial charge >= 0.3 is 12.0 Å². The number of carboxylic acid groups (broad SMARTS) is 1. The third-order valence-corrected chi connectivity index (χ3v) is 4.02. The Bertz CT molecular complexity index is 307. The molecule has 0 spiro atoms. The predicted molar refractivity (Wildman–Crippen MR) is 74.0 cm³/mol. The van der Waals surface area contributed by atoms with Crippen LogP contribution in [-0.2, 0) is 4.79 Å². The van der Waals surface area contributed by atoms with E-state index in [0.717, 1.165) is 12.8 Å². The molecular weight excluding hydrogens is 244 g/mol. The molecule has 0 bridgehead atoms. The van der Waals surface area contributed by atoms with E-state index < -0.39 is 5.97 Å². The quantitative estimate of drug-likeness (QED) is 0.693. The summed E-state index contributed by atoms with van der Waals surface area (Å²) in [4.78, 5) is 22.4. The van der Waals surface area contributed by atoms with Gasteiger partial charge in [-0.05, 0) is 24.7 Å². The fourth-order valence-electron chi connectivity index (χ4n) is 2.59. The molecule has 3 atom stereocenters. The summed E-state index contributed by atoms with van der Waals surface area (Å²) in [6, 6.07) is 0.0934. The lowest BCUT2D eigenvalue weighted by Gasteiger charge is -2.29. The zero-order valence-corrected chi connectivity index (χ0v) is 11.9. The Balaban J connectivity index is 2.28. The molecule has 5 heteroatoms. The minimum absolute atomic E-state index is 0.00651. The minimum Gasteiger partial charge on any atom is -0.481 e. The van der Waals surface area contributed by atoms with E-state index in [-0.39, 0.29) is 24.4 Å². The fourth-order valence-corrected chi connectivity index (χ4v) is 2.59. The summed E-state index contributed by atoms with van der Waals surface area (Å²) in [6.07, 6.45) is 5.49. The van der Waals surface area contributed by atoms with Gasteiger partial charge < -0.3 is 15.7 Å². The van der Waals surface area contributed by atoms with E-state index in [1.807, 2.05) is 6.92 Å². The Kier molecular flexibility index (Phi) is 6.67. The number of aliphatic carboxylic acids is 1. The molecule has 0 aromatic rings. The number of hydrogen-bond donors (Lipinski definition) is 3. The van der Waals surface area contributed by atoms with E-state index in [4.69, 9.17) is 5.11 Å². The molecule has 1 aliphatic rings.